The lowest BCUT2D eigenvalue weighted by molar-refractivity contribution is 0.937. The summed E-state index contributed by atoms with van der Waals surface area (Å²) in [6.07, 6.45) is 1.74. The fourth-order valence-electron chi connectivity index (χ4n) is 0.879. The number of hydrogen-bond acceptors (Lipinski definition) is 3. The van der Waals surface area contributed by atoms with Crippen LogP contribution in [0.4, 0.5) is 0 Å². The molecule has 0 saturated carbocycles. The number of thiocarbonyl (C=S) groups is 1. The molecule has 80 valence electrons. The molecule has 5 heteroatoms. The van der Waals surface area contributed by atoms with Gasteiger partial charge in [0, 0.05) is 11.4 Å². The number of nitrogens with zero attached hydrogens (tertiary/aromatic N) is 1. The fourth-order valence-corrected chi connectivity index (χ4v) is 1.68. The van der Waals surface area contributed by atoms with E-state index in [1.165, 1.54) is 0 Å². The van der Waals surface area contributed by atoms with Crippen molar-refractivity contribution in [2.75, 3.05) is 6.54 Å². The quantitative estimate of drug-likeness (QED) is 0.366. The minimum Gasteiger partial charge on any atom is -0.358 e. The molecule has 1 rings (SSSR count). The van der Waals surface area contributed by atoms with Crippen LogP contribution >= 0.6 is 23.6 Å². The van der Waals surface area contributed by atoms with E-state index >= 15 is 0 Å². The Morgan fingerprint density at radius 2 is 2.53 bits per heavy atom. The molecule has 0 radical (unpaired) electrons. The van der Waals surface area contributed by atoms with Gasteiger partial charge in [0.05, 0.1) is 5.71 Å². The monoisotopic (exact) mass is 239 g/mol. The molecule has 0 bridgehead atoms. The van der Waals surface area contributed by atoms with Gasteiger partial charge in [0.15, 0.2) is 5.11 Å². The van der Waals surface area contributed by atoms with E-state index in [-0.39, 0.29) is 0 Å². The number of nitrogens with one attached hydrogen (secondary N) is 2. The molecule has 1 aromatic rings. The second kappa shape index (κ2) is 6.31. The van der Waals surface area contributed by atoms with Crippen LogP contribution in [0.25, 0.3) is 0 Å². The van der Waals surface area contributed by atoms with Gasteiger partial charge in [-0.25, -0.2) is 0 Å². The second-order valence-corrected chi connectivity index (χ2v) is 4.14. The molecule has 1 heterocycles. The zero-order valence-corrected chi connectivity index (χ0v) is 10.1. The number of hydrazone groups is 1. The van der Waals surface area contributed by atoms with E-state index in [0.29, 0.717) is 11.7 Å². The van der Waals surface area contributed by atoms with Crippen LogP contribution in [-0.2, 0) is 0 Å². The molecule has 0 amide bonds. The molecule has 0 aliphatic heterocycles. The molecule has 2 N–H and O–H groups in total. The van der Waals surface area contributed by atoms with Crippen LogP contribution in [0.1, 0.15) is 11.8 Å². The van der Waals surface area contributed by atoms with Gasteiger partial charge in [-0.05, 0) is 30.6 Å². The van der Waals surface area contributed by atoms with Crippen LogP contribution in [0, 0.1) is 0 Å². The zero-order chi connectivity index (χ0) is 11.1. The SMILES string of the molecule is C=CCNC(=S)NN=C(C)c1cccs1. The highest BCUT2D eigenvalue weighted by Crippen LogP contribution is 2.08. The van der Waals surface area contributed by atoms with Gasteiger partial charge in [-0.1, -0.05) is 12.1 Å². The van der Waals surface area contributed by atoms with Crippen molar-refractivity contribution in [3.8, 4) is 0 Å². The highest BCUT2D eigenvalue weighted by molar-refractivity contribution is 7.80. The number of thiophene rings is 1. The average Bonchev–Trinajstić information content (AvgIpc) is 2.76. The van der Waals surface area contributed by atoms with Gasteiger partial charge in [-0.2, -0.15) is 5.10 Å². The minimum atomic E-state index is 0.505. The molecule has 1 aromatic heterocycles. The van der Waals surface area contributed by atoms with Crippen molar-refractivity contribution in [3.05, 3.63) is 35.0 Å². The van der Waals surface area contributed by atoms with Crippen LogP contribution in [0.5, 0.6) is 0 Å². The van der Waals surface area contributed by atoms with Crippen molar-refractivity contribution < 1.29 is 0 Å². The minimum absolute atomic E-state index is 0.505. The first kappa shape index (κ1) is 11.9. The first-order valence-corrected chi connectivity index (χ1v) is 5.75. The molecule has 0 unspecified atom stereocenters. The Morgan fingerprint density at radius 1 is 1.73 bits per heavy atom. The van der Waals surface area contributed by atoms with E-state index in [9.17, 15) is 0 Å². The van der Waals surface area contributed by atoms with Crippen LogP contribution in [0.15, 0.2) is 35.3 Å². The summed E-state index contributed by atoms with van der Waals surface area (Å²) < 4.78 is 0. The van der Waals surface area contributed by atoms with E-state index in [1.807, 2.05) is 24.4 Å². The molecule has 0 spiro atoms. The molecular formula is C10H13N3S2. The predicted octanol–water partition coefficient (Wildman–Crippen LogP) is 2.12. The Labute approximate surface area is 98.9 Å². The van der Waals surface area contributed by atoms with Gasteiger partial charge in [-0.3, -0.25) is 5.43 Å². The van der Waals surface area contributed by atoms with Gasteiger partial charge >= 0.3 is 0 Å². The predicted molar refractivity (Wildman–Crippen MR) is 70.5 cm³/mol. The first-order chi connectivity index (χ1) is 7.24. The van der Waals surface area contributed by atoms with Crippen molar-refractivity contribution in [2.24, 2.45) is 5.10 Å². The summed E-state index contributed by atoms with van der Waals surface area (Å²) in [5, 5.41) is 9.61. The lowest BCUT2D eigenvalue weighted by atomic mass is 10.3. The molecule has 0 atom stereocenters. The Morgan fingerprint density at radius 3 is 3.13 bits per heavy atom. The second-order valence-electron chi connectivity index (χ2n) is 2.79. The van der Waals surface area contributed by atoms with Gasteiger partial charge in [-0.15, -0.1) is 17.9 Å². The third kappa shape index (κ3) is 4.22. The van der Waals surface area contributed by atoms with Crippen LogP contribution in [0.3, 0.4) is 0 Å². The van der Waals surface area contributed by atoms with Crippen LogP contribution in [-0.4, -0.2) is 17.4 Å². The summed E-state index contributed by atoms with van der Waals surface area (Å²) in [5.74, 6) is 0. The Balaban J connectivity index is 2.44. The summed E-state index contributed by atoms with van der Waals surface area (Å²) in [4.78, 5) is 1.13. The molecular weight excluding hydrogens is 226 g/mol. The smallest absolute Gasteiger partial charge is 0.187 e. The summed E-state index contributed by atoms with van der Waals surface area (Å²) in [6, 6.07) is 4.01. The lowest BCUT2D eigenvalue weighted by Crippen LogP contribution is -2.32. The molecule has 0 aromatic carbocycles. The Hall–Kier alpha value is -1.20. The Bertz CT molecular complexity index is 355. The molecule has 0 fully saturated rings. The first-order valence-electron chi connectivity index (χ1n) is 4.47. The average molecular weight is 239 g/mol. The molecule has 15 heavy (non-hydrogen) atoms. The molecule has 0 saturated heterocycles. The summed E-state index contributed by atoms with van der Waals surface area (Å²) in [6.45, 7) is 6.16. The van der Waals surface area contributed by atoms with E-state index in [1.54, 1.807) is 17.4 Å². The Kier molecular flexibility index (Phi) is 5.00. The van der Waals surface area contributed by atoms with E-state index in [4.69, 9.17) is 12.2 Å². The topological polar surface area (TPSA) is 36.4 Å². The number of hydrogen-bond donors (Lipinski definition) is 2. The van der Waals surface area contributed by atoms with Crippen molar-refractivity contribution >= 4 is 34.4 Å². The normalized spacial score (nSPS) is 10.9. The van der Waals surface area contributed by atoms with E-state index in [0.717, 1.165) is 10.6 Å². The van der Waals surface area contributed by atoms with Crippen LogP contribution < -0.4 is 10.7 Å². The third-order valence-corrected chi connectivity index (χ3v) is 2.82. The van der Waals surface area contributed by atoms with Crippen molar-refractivity contribution in [3.63, 3.8) is 0 Å². The molecule has 0 aliphatic rings. The van der Waals surface area contributed by atoms with Gasteiger partial charge in [0.2, 0.25) is 0 Å². The summed E-state index contributed by atoms with van der Waals surface area (Å²) in [7, 11) is 0. The fraction of sp³-hybridized carbons (Fsp3) is 0.200. The highest BCUT2D eigenvalue weighted by atomic mass is 32.1. The maximum atomic E-state index is 4.99. The standard InChI is InChI=1S/C10H13N3S2/c1-3-6-11-10(14)13-12-8(2)9-5-4-7-15-9/h3-5,7H,1,6H2,2H3,(H2,11,13,14). The number of rotatable bonds is 4. The zero-order valence-electron chi connectivity index (χ0n) is 8.49. The van der Waals surface area contributed by atoms with Crippen molar-refractivity contribution in [1.29, 1.82) is 0 Å². The summed E-state index contributed by atoms with van der Waals surface area (Å²) >= 11 is 6.64. The lowest BCUT2D eigenvalue weighted by Gasteiger charge is -2.04. The summed E-state index contributed by atoms with van der Waals surface area (Å²) in [5.41, 5.74) is 3.70. The van der Waals surface area contributed by atoms with Gasteiger partial charge < -0.3 is 5.32 Å². The van der Waals surface area contributed by atoms with Crippen LogP contribution in [0.2, 0.25) is 0 Å². The maximum absolute atomic E-state index is 4.99. The molecule has 3 nitrogen and oxygen atoms in total. The van der Waals surface area contributed by atoms with E-state index < -0.39 is 0 Å². The van der Waals surface area contributed by atoms with Crippen molar-refractivity contribution in [2.45, 2.75) is 6.92 Å². The van der Waals surface area contributed by atoms with Gasteiger partial charge in [0.1, 0.15) is 0 Å². The third-order valence-electron chi connectivity index (χ3n) is 1.61. The highest BCUT2D eigenvalue weighted by Gasteiger charge is 1.97. The molecule has 0 aliphatic carbocycles. The largest absolute Gasteiger partial charge is 0.358 e. The maximum Gasteiger partial charge on any atom is 0.187 e. The van der Waals surface area contributed by atoms with Gasteiger partial charge in [0.25, 0.3) is 0 Å². The van der Waals surface area contributed by atoms with E-state index in [2.05, 4.69) is 22.4 Å². The van der Waals surface area contributed by atoms with Crippen molar-refractivity contribution in [1.82, 2.24) is 10.7 Å².